The smallest absolute Gasteiger partial charge is 0.333 e. The first-order valence-electron chi connectivity index (χ1n) is 12.5. The number of carbonyl (C=O) groups is 2. The van der Waals surface area contributed by atoms with E-state index in [9.17, 15) is 19.5 Å². The number of hydrogen-bond acceptors (Lipinski definition) is 5. The van der Waals surface area contributed by atoms with Crippen LogP contribution >= 0.6 is 27.5 Å². The number of aliphatic hydroxyl groups is 1. The van der Waals surface area contributed by atoms with E-state index in [4.69, 9.17) is 16.3 Å². The topological polar surface area (TPSA) is 106 Å². The van der Waals surface area contributed by atoms with Crippen molar-refractivity contribution < 1.29 is 19.4 Å². The molecule has 9 nitrogen and oxygen atoms in total. The molecule has 0 saturated heterocycles. The van der Waals surface area contributed by atoms with Crippen LogP contribution in [0.15, 0.2) is 82.1 Å². The number of imidazole rings is 1. The molecule has 1 aliphatic heterocycles. The molecule has 0 aliphatic carbocycles. The summed E-state index contributed by atoms with van der Waals surface area (Å²) in [5, 5.41) is 13.4. The summed E-state index contributed by atoms with van der Waals surface area (Å²) in [6.07, 6.45) is 0. The van der Waals surface area contributed by atoms with E-state index in [-0.39, 0.29) is 37.8 Å². The van der Waals surface area contributed by atoms with Gasteiger partial charge < -0.3 is 20.1 Å². The van der Waals surface area contributed by atoms with Crippen LogP contribution < -0.4 is 15.7 Å². The molecule has 1 aromatic heterocycles. The standard InChI is InChI=1S/C29H26BrClN4O5/c1-40-21-10-8-20(9-11-21)35-26(27(37)32-24(17-36)18-5-3-2-4-6-18)25-16-33(13-14-34(25)29(35)39)28(38)19-7-12-22(30)23(31)15-19/h2-12,15,24,36H,13-14,16-17H2,1H3,(H,32,37)/t24-/m0/s1. The Hall–Kier alpha value is -3.86. The summed E-state index contributed by atoms with van der Waals surface area (Å²) in [7, 11) is 1.54. The molecule has 40 heavy (non-hydrogen) atoms. The van der Waals surface area contributed by atoms with Crippen LogP contribution in [0.5, 0.6) is 5.75 Å². The minimum absolute atomic E-state index is 0.0305. The number of nitrogens with zero attached hydrogens (tertiary/aromatic N) is 3. The SMILES string of the molecule is COc1ccc(-n2c(C(=O)N[C@@H](CO)c3ccccc3)c3n(c2=O)CCN(C(=O)c2ccc(Br)c(Cl)c2)C3)cc1. The Balaban J connectivity index is 1.57. The number of nitrogens with one attached hydrogen (secondary N) is 1. The number of benzene rings is 3. The highest BCUT2D eigenvalue weighted by molar-refractivity contribution is 9.10. The summed E-state index contributed by atoms with van der Waals surface area (Å²) in [4.78, 5) is 42.6. The van der Waals surface area contributed by atoms with Gasteiger partial charge in [-0.1, -0.05) is 41.9 Å². The Morgan fingerprint density at radius 1 is 1.07 bits per heavy atom. The van der Waals surface area contributed by atoms with Crippen molar-refractivity contribution in [1.29, 1.82) is 0 Å². The van der Waals surface area contributed by atoms with Crippen molar-refractivity contribution in [2.75, 3.05) is 20.3 Å². The maximum absolute atomic E-state index is 13.9. The molecule has 0 radical (unpaired) electrons. The van der Waals surface area contributed by atoms with Gasteiger partial charge in [0.05, 0.1) is 42.7 Å². The quantitative estimate of drug-likeness (QED) is 0.321. The molecular weight excluding hydrogens is 600 g/mol. The number of rotatable bonds is 7. The fraction of sp³-hybridized carbons (Fsp3) is 0.207. The predicted octanol–water partition coefficient (Wildman–Crippen LogP) is 4.18. The summed E-state index contributed by atoms with van der Waals surface area (Å²) in [5.41, 5.74) is 1.67. The first kappa shape index (κ1) is 27.7. The van der Waals surface area contributed by atoms with Crippen molar-refractivity contribution in [1.82, 2.24) is 19.4 Å². The molecule has 0 spiro atoms. The van der Waals surface area contributed by atoms with Crippen LogP contribution in [0.1, 0.15) is 38.1 Å². The zero-order valence-electron chi connectivity index (χ0n) is 21.5. The van der Waals surface area contributed by atoms with Gasteiger partial charge in [0.1, 0.15) is 11.4 Å². The van der Waals surface area contributed by atoms with Crippen LogP contribution in [-0.4, -0.2) is 51.2 Å². The Labute approximate surface area is 243 Å². The van der Waals surface area contributed by atoms with Gasteiger partial charge in [0, 0.05) is 23.1 Å². The van der Waals surface area contributed by atoms with Crippen molar-refractivity contribution >= 4 is 39.3 Å². The van der Waals surface area contributed by atoms with E-state index < -0.39 is 17.6 Å². The third-order valence-electron chi connectivity index (χ3n) is 6.87. The van der Waals surface area contributed by atoms with Crippen molar-refractivity contribution in [3.63, 3.8) is 0 Å². The molecule has 4 aromatic rings. The largest absolute Gasteiger partial charge is 0.497 e. The average Bonchev–Trinajstić information content (AvgIpc) is 3.28. The lowest BCUT2D eigenvalue weighted by Crippen LogP contribution is -2.41. The lowest BCUT2D eigenvalue weighted by molar-refractivity contribution is 0.0705. The van der Waals surface area contributed by atoms with E-state index in [0.29, 0.717) is 37.8 Å². The maximum atomic E-state index is 13.9. The fourth-order valence-electron chi connectivity index (χ4n) is 4.79. The molecule has 0 unspecified atom stereocenters. The van der Waals surface area contributed by atoms with E-state index in [1.165, 1.54) is 9.13 Å². The Morgan fingerprint density at radius 2 is 1.80 bits per heavy atom. The lowest BCUT2D eigenvalue weighted by atomic mass is 10.1. The number of fused-ring (bicyclic) bond motifs is 1. The van der Waals surface area contributed by atoms with Gasteiger partial charge in [0.2, 0.25) is 0 Å². The number of aliphatic hydroxyl groups excluding tert-OH is 1. The molecule has 2 N–H and O–H groups in total. The molecule has 0 fully saturated rings. The molecular formula is C29H26BrClN4O5. The third kappa shape index (κ3) is 5.30. The molecule has 2 heterocycles. The molecule has 2 amide bonds. The Morgan fingerprint density at radius 3 is 2.45 bits per heavy atom. The highest BCUT2D eigenvalue weighted by Gasteiger charge is 2.33. The summed E-state index contributed by atoms with van der Waals surface area (Å²) in [6.45, 7) is 0.169. The number of ether oxygens (including phenoxy) is 1. The second kappa shape index (κ2) is 11.7. The van der Waals surface area contributed by atoms with Gasteiger partial charge in [-0.2, -0.15) is 0 Å². The summed E-state index contributed by atoms with van der Waals surface area (Å²) >= 11 is 9.56. The minimum Gasteiger partial charge on any atom is -0.497 e. The summed E-state index contributed by atoms with van der Waals surface area (Å²) in [6, 6.07) is 20.1. The van der Waals surface area contributed by atoms with Gasteiger partial charge in [-0.25, -0.2) is 4.79 Å². The predicted molar refractivity (Wildman–Crippen MR) is 154 cm³/mol. The van der Waals surface area contributed by atoms with Gasteiger partial charge in [0.15, 0.2) is 0 Å². The summed E-state index contributed by atoms with van der Waals surface area (Å²) in [5.74, 6) is -0.221. The second-order valence-corrected chi connectivity index (χ2v) is 10.5. The van der Waals surface area contributed by atoms with Crippen LogP contribution in [0.3, 0.4) is 0 Å². The fourth-order valence-corrected chi connectivity index (χ4v) is 5.22. The van der Waals surface area contributed by atoms with Gasteiger partial charge >= 0.3 is 5.69 Å². The molecule has 5 rings (SSSR count). The number of amides is 2. The van der Waals surface area contributed by atoms with Gasteiger partial charge in [-0.3, -0.25) is 18.7 Å². The maximum Gasteiger partial charge on any atom is 0.333 e. The van der Waals surface area contributed by atoms with Gasteiger partial charge in [0.25, 0.3) is 11.8 Å². The monoisotopic (exact) mass is 624 g/mol. The minimum atomic E-state index is -0.699. The first-order valence-corrected chi connectivity index (χ1v) is 13.7. The number of carbonyl (C=O) groups excluding carboxylic acids is 2. The molecule has 206 valence electrons. The molecule has 3 aromatic carbocycles. The van der Waals surface area contributed by atoms with Crippen LogP contribution in [0.4, 0.5) is 0 Å². The van der Waals surface area contributed by atoms with E-state index in [1.54, 1.807) is 66.6 Å². The molecule has 0 bridgehead atoms. The normalized spacial score (nSPS) is 13.4. The lowest BCUT2D eigenvalue weighted by Gasteiger charge is -2.28. The van der Waals surface area contributed by atoms with Crippen molar-refractivity contribution in [3.05, 3.63) is 115 Å². The van der Waals surface area contributed by atoms with E-state index >= 15 is 0 Å². The van der Waals surface area contributed by atoms with Crippen LogP contribution in [0.2, 0.25) is 5.02 Å². The zero-order valence-corrected chi connectivity index (χ0v) is 23.9. The first-order chi connectivity index (χ1) is 19.3. The van der Waals surface area contributed by atoms with E-state index in [0.717, 1.165) is 0 Å². The highest BCUT2D eigenvalue weighted by atomic mass is 79.9. The van der Waals surface area contributed by atoms with Crippen LogP contribution in [0.25, 0.3) is 5.69 Å². The molecule has 1 aliphatic rings. The molecule has 11 heteroatoms. The van der Waals surface area contributed by atoms with E-state index in [2.05, 4.69) is 21.2 Å². The zero-order chi connectivity index (χ0) is 28.4. The van der Waals surface area contributed by atoms with Gasteiger partial charge in [-0.15, -0.1) is 0 Å². The number of halogens is 2. The highest BCUT2D eigenvalue weighted by Crippen LogP contribution is 2.26. The van der Waals surface area contributed by atoms with Crippen molar-refractivity contribution in [2.24, 2.45) is 0 Å². The number of methoxy groups -OCH3 is 1. The second-order valence-electron chi connectivity index (χ2n) is 9.24. The molecule has 0 saturated carbocycles. The van der Waals surface area contributed by atoms with Crippen LogP contribution in [-0.2, 0) is 13.1 Å². The molecule has 1 atom stereocenters. The number of hydrogen-bond donors (Lipinski definition) is 2. The van der Waals surface area contributed by atoms with Crippen molar-refractivity contribution in [3.8, 4) is 11.4 Å². The Bertz CT molecular complexity index is 1620. The summed E-state index contributed by atoms with van der Waals surface area (Å²) < 4.78 is 8.79. The van der Waals surface area contributed by atoms with E-state index in [1.807, 2.05) is 18.2 Å². The average molecular weight is 626 g/mol. The third-order valence-corrected chi connectivity index (χ3v) is 8.10. The Kier molecular flexibility index (Phi) is 8.11. The number of aromatic nitrogens is 2. The van der Waals surface area contributed by atoms with Crippen molar-refractivity contribution in [2.45, 2.75) is 19.1 Å². The van der Waals surface area contributed by atoms with Gasteiger partial charge in [-0.05, 0) is 64.0 Å². The van der Waals surface area contributed by atoms with Crippen LogP contribution in [0, 0.1) is 0 Å².